The van der Waals surface area contributed by atoms with Crippen molar-refractivity contribution in [2.75, 3.05) is 13.7 Å². The normalized spacial score (nSPS) is 29.9. The molecule has 19 heavy (non-hydrogen) atoms. The van der Waals surface area contributed by atoms with Gasteiger partial charge in [-0.15, -0.1) is 0 Å². The highest BCUT2D eigenvalue weighted by Gasteiger charge is 2.47. The zero-order valence-corrected chi connectivity index (χ0v) is 12.3. The van der Waals surface area contributed by atoms with Crippen LogP contribution in [0.1, 0.15) is 43.7 Å². The Hall–Kier alpha value is -1.02. The number of ether oxygens (including phenoxy) is 1. The lowest BCUT2D eigenvalue weighted by atomic mass is 9.57. The standard InChI is InChI=1S/C17H25NO/c1-12-4-7-16(19-3)15(10-12)17(9-8-13(17)2)11-18-14-5-6-14/h4,7,10,13-14,18H,5-6,8-9,11H2,1-3H3. The zero-order chi connectivity index (χ0) is 13.5. The van der Waals surface area contributed by atoms with Crippen LogP contribution >= 0.6 is 0 Å². The molecule has 0 radical (unpaired) electrons. The number of hydrogen-bond acceptors (Lipinski definition) is 2. The predicted molar refractivity (Wildman–Crippen MR) is 78.8 cm³/mol. The van der Waals surface area contributed by atoms with Gasteiger partial charge in [0.25, 0.3) is 0 Å². The molecule has 2 heteroatoms. The number of benzene rings is 1. The number of methoxy groups -OCH3 is 1. The van der Waals surface area contributed by atoms with E-state index in [9.17, 15) is 0 Å². The first-order chi connectivity index (χ1) is 9.15. The lowest BCUT2D eigenvalue weighted by Crippen LogP contribution is -2.50. The second kappa shape index (κ2) is 4.82. The van der Waals surface area contributed by atoms with Crippen molar-refractivity contribution < 1.29 is 4.74 Å². The molecule has 2 unspecified atom stereocenters. The smallest absolute Gasteiger partial charge is 0.122 e. The van der Waals surface area contributed by atoms with Crippen molar-refractivity contribution in [3.8, 4) is 5.75 Å². The fourth-order valence-electron chi connectivity index (χ4n) is 3.36. The Morgan fingerprint density at radius 2 is 2.11 bits per heavy atom. The van der Waals surface area contributed by atoms with Gasteiger partial charge in [-0.2, -0.15) is 0 Å². The van der Waals surface area contributed by atoms with E-state index in [2.05, 4.69) is 37.4 Å². The molecule has 0 amide bonds. The van der Waals surface area contributed by atoms with Crippen LogP contribution in [0, 0.1) is 12.8 Å². The molecular formula is C17H25NO. The van der Waals surface area contributed by atoms with E-state index in [1.807, 2.05) is 0 Å². The monoisotopic (exact) mass is 259 g/mol. The van der Waals surface area contributed by atoms with Crippen LogP contribution in [0.3, 0.4) is 0 Å². The molecule has 3 rings (SSSR count). The molecule has 1 aromatic carbocycles. The van der Waals surface area contributed by atoms with Gasteiger partial charge < -0.3 is 10.1 Å². The molecule has 104 valence electrons. The first-order valence-corrected chi connectivity index (χ1v) is 7.54. The molecule has 0 spiro atoms. The maximum atomic E-state index is 5.63. The molecule has 1 N–H and O–H groups in total. The van der Waals surface area contributed by atoms with Crippen LogP contribution < -0.4 is 10.1 Å². The summed E-state index contributed by atoms with van der Waals surface area (Å²) in [5.41, 5.74) is 3.04. The van der Waals surface area contributed by atoms with Crippen LogP contribution in [0.15, 0.2) is 18.2 Å². The Morgan fingerprint density at radius 1 is 1.32 bits per heavy atom. The second-order valence-corrected chi connectivity index (χ2v) is 6.45. The lowest BCUT2D eigenvalue weighted by molar-refractivity contribution is 0.129. The summed E-state index contributed by atoms with van der Waals surface area (Å²) < 4.78 is 5.63. The molecule has 0 aliphatic heterocycles. The Morgan fingerprint density at radius 3 is 2.63 bits per heavy atom. The predicted octanol–water partition coefficient (Wildman–Crippen LogP) is 3.42. The van der Waals surface area contributed by atoms with Gasteiger partial charge in [0.1, 0.15) is 5.75 Å². The molecule has 2 aliphatic carbocycles. The summed E-state index contributed by atoms with van der Waals surface area (Å²) in [5.74, 6) is 1.81. The minimum Gasteiger partial charge on any atom is -0.496 e. The van der Waals surface area contributed by atoms with E-state index in [0.717, 1.165) is 24.3 Å². The van der Waals surface area contributed by atoms with E-state index >= 15 is 0 Å². The maximum Gasteiger partial charge on any atom is 0.122 e. The SMILES string of the molecule is COc1ccc(C)cc1C1(CNC2CC2)CCC1C. The van der Waals surface area contributed by atoms with Crippen LogP contribution in [0.2, 0.25) is 0 Å². The van der Waals surface area contributed by atoms with Gasteiger partial charge >= 0.3 is 0 Å². The van der Waals surface area contributed by atoms with Crippen molar-refractivity contribution in [3.05, 3.63) is 29.3 Å². The number of rotatable bonds is 5. The number of hydrogen-bond donors (Lipinski definition) is 1. The molecule has 2 nitrogen and oxygen atoms in total. The first kappa shape index (κ1) is 13.0. The van der Waals surface area contributed by atoms with Crippen molar-refractivity contribution >= 4 is 0 Å². The highest BCUT2D eigenvalue weighted by Crippen LogP contribution is 2.51. The quantitative estimate of drug-likeness (QED) is 0.875. The van der Waals surface area contributed by atoms with E-state index in [0.29, 0.717) is 5.41 Å². The molecule has 1 aromatic rings. The van der Waals surface area contributed by atoms with Gasteiger partial charge in [-0.25, -0.2) is 0 Å². The maximum absolute atomic E-state index is 5.63. The van der Waals surface area contributed by atoms with Crippen molar-refractivity contribution in [2.45, 2.75) is 51.0 Å². The van der Waals surface area contributed by atoms with Crippen molar-refractivity contribution in [2.24, 2.45) is 5.92 Å². The first-order valence-electron chi connectivity index (χ1n) is 7.54. The lowest BCUT2D eigenvalue weighted by Gasteiger charge is -2.49. The molecule has 0 aromatic heterocycles. The van der Waals surface area contributed by atoms with Crippen LogP contribution in [0.4, 0.5) is 0 Å². The van der Waals surface area contributed by atoms with Crippen molar-refractivity contribution in [1.82, 2.24) is 5.32 Å². The molecule has 0 bridgehead atoms. The molecule has 0 saturated heterocycles. The number of nitrogens with one attached hydrogen (secondary N) is 1. The Kier molecular flexibility index (Phi) is 3.30. The number of aryl methyl sites for hydroxylation is 1. The Balaban J connectivity index is 1.92. The van der Waals surface area contributed by atoms with Crippen LogP contribution in [-0.4, -0.2) is 19.7 Å². The van der Waals surface area contributed by atoms with Gasteiger partial charge in [0.2, 0.25) is 0 Å². The molecule has 2 atom stereocenters. The summed E-state index contributed by atoms with van der Waals surface area (Å²) in [4.78, 5) is 0. The van der Waals surface area contributed by atoms with E-state index in [1.54, 1.807) is 7.11 Å². The summed E-state index contributed by atoms with van der Waals surface area (Å²) in [7, 11) is 1.79. The highest BCUT2D eigenvalue weighted by atomic mass is 16.5. The summed E-state index contributed by atoms with van der Waals surface area (Å²) in [5, 5.41) is 3.74. The van der Waals surface area contributed by atoms with Gasteiger partial charge in [-0.1, -0.05) is 24.6 Å². The molecule has 2 fully saturated rings. The largest absolute Gasteiger partial charge is 0.496 e. The second-order valence-electron chi connectivity index (χ2n) is 6.45. The third-order valence-electron chi connectivity index (χ3n) is 5.14. The molecule has 2 saturated carbocycles. The van der Waals surface area contributed by atoms with E-state index < -0.39 is 0 Å². The van der Waals surface area contributed by atoms with Gasteiger partial charge in [0, 0.05) is 23.6 Å². The van der Waals surface area contributed by atoms with E-state index in [1.165, 1.54) is 36.8 Å². The van der Waals surface area contributed by atoms with Crippen LogP contribution in [0.5, 0.6) is 5.75 Å². The average molecular weight is 259 g/mol. The fraction of sp³-hybridized carbons (Fsp3) is 0.647. The van der Waals surface area contributed by atoms with Gasteiger partial charge in [0.05, 0.1) is 7.11 Å². The van der Waals surface area contributed by atoms with Gasteiger partial charge in [-0.05, 0) is 44.6 Å². The third-order valence-corrected chi connectivity index (χ3v) is 5.14. The van der Waals surface area contributed by atoms with Crippen LogP contribution in [0.25, 0.3) is 0 Å². The highest BCUT2D eigenvalue weighted by molar-refractivity contribution is 5.44. The van der Waals surface area contributed by atoms with Gasteiger partial charge in [0.15, 0.2) is 0 Å². The van der Waals surface area contributed by atoms with Crippen molar-refractivity contribution in [3.63, 3.8) is 0 Å². The summed E-state index contributed by atoms with van der Waals surface area (Å²) in [6, 6.07) is 7.39. The Bertz CT molecular complexity index is 466. The Labute approximate surface area is 116 Å². The fourth-order valence-corrected chi connectivity index (χ4v) is 3.36. The summed E-state index contributed by atoms with van der Waals surface area (Å²) >= 11 is 0. The van der Waals surface area contributed by atoms with Crippen LogP contribution in [-0.2, 0) is 5.41 Å². The van der Waals surface area contributed by atoms with E-state index in [4.69, 9.17) is 4.74 Å². The van der Waals surface area contributed by atoms with E-state index in [-0.39, 0.29) is 0 Å². The zero-order valence-electron chi connectivity index (χ0n) is 12.3. The summed E-state index contributed by atoms with van der Waals surface area (Å²) in [6.07, 6.45) is 5.34. The molecular weight excluding hydrogens is 234 g/mol. The minimum atomic E-state index is 0.292. The third kappa shape index (κ3) is 2.27. The summed E-state index contributed by atoms with van der Waals surface area (Å²) in [6.45, 7) is 5.67. The minimum absolute atomic E-state index is 0.292. The molecule has 2 aliphatic rings. The van der Waals surface area contributed by atoms with Crippen molar-refractivity contribution in [1.29, 1.82) is 0 Å². The van der Waals surface area contributed by atoms with Gasteiger partial charge in [-0.3, -0.25) is 0 Å². The topological polar surface area (TPSA) is 21.3 Å². The average Bonchev–Trinajstić information content (AvgIpc) is 3.22. The molecule has 0 heterocycles.